The molecule has 0 aliphatic carbocycles. The van der Waals surface area contributed by atoms with Crippen molar-refractivity contribution in [2.24, 2.45) is 5.92 Å². The second-order valence-electron chi connectivity index (χ2n) is 9.17. The second-order valence-corrected chi connectivity index (χ2v) is 9.17. The quantitative estimate of drug-likeness (QED) is 0.0798. The van der Waals surface area contributed by atoms with Crippen molar-refractivity contribution in [1.82, 2.24) is 4.90 Å². The van der Waals surface area contributed by atoms with Crippen LogP contribution in [-0.2, 0) is 19.1 Å². The Bertz CT molecular complexity index is 585. The molecule has 0 bridgehead atoms. The summed E-state index contributed by atoms with van der Waals surface area (Å²) < 4.78 is 10.5. The number of carbonyl (C=O) groups excluding carboxylic acids is 2. The van der Waals surface area contributed by atoms with Crippen LogP contribution in [0.1, 0.15) is 104 Å². The molecule has 35 heavy (non-hydrogen) atoms. The molecule has 0 saturated heterocycles. The maximum absolute atomic E-state index is 12.0. The molecule has 5 heteroatoms. The third-order valence-corrected chi connectivity index (χ3v) is 6.13. The molecule has 5 nitrogen and oxygen atoms in total. The van der Waals surface area contributed by atoms with E-state index < -0.39 is 0 Å². The summed E-state index contributed by atoms with van der Waals surface area (Å²) in [5, 5.41) is 0. The summed E-state index contributed by atoms with van der Waals surface area (Å²) in [4.78, 5) is 25.8. The third-order valence-electron chi connectivity index (χ3n) is 6.13. The molecule has 0 fully saturated rings. The minimum Gasteiger partial charge on any atom is -0.461 e. The monoisotopic (exact) mass is 491 g/mol. The minimum absolute atomic E-state index is 0.123. The van der Waals surface area contributed by atoms with E-state index in [2.05, 4.69) is 44.4 Å². The van der Waals surface area contributed by atoms with Crippen molar-refractivity contribution in [2.75, 3.05) is 32.8 Å². The van der Waals surface area contributed by atoms with Crippen LogP contribution in [0.2, 0.25) is 0 Å². The van der Waals surface area contributed by atoms with Gasteiger partial charge in [-0.25, -0.2) is 0 Å². The van der Waals surface area contributed by atoms with Gasteiger partial charge in [0.15, 0.2) is 0 Å². The van der Waals surface area contributed by atoms with Crippen LogP contribution >= 0.6 is 0 Å². The zero-order valence-electron chi connectivity index (χ0n) is 23.0. The maximum Gasteiger partial charge on any atom is 0.307 e. The number of carbonyl (C=O) groups is 2. The van der Waals surface area contributed by atoms with E-state index >= 15 is 0 Å². The lowest BCUT2D eigenvalue weighted by molar-refractivity contribution is -0.143. The van der Waals surface area contributed by atoms with Gasteiger partial charge in [-0.1, -0.05) is 89.7 Å². The normalized spacial score (nSPS) is 12.5. The molecule has 0 aliphatic rings. The average Bonchev–Trinajstić information content (AvgIpc) is 2.86. The summed E-state index contributed by atoms with van der Waals surface area (Å²) in [5.74, 6) is 0.123. The van der Waals surface area contributed by atoms with Gasteiger partial charge >= 0.3 is 11.9 Å². The van der Waals surface area contributed by atoms with Crippen molar-refractivity contribution in [3.63, 3.8) is 0 Å². The Morgan fingerprint density at radius 3 is 2.06 bits per heavy atom. The van der Waals surface area contributed by atoms with Crippen LogP contribution in [0, 0.1) is 5.92 Å². The van der Waals surface area contributed by atoms with Gasteiger partial charge in [-0.05, 0) is 51.1 Å². The fraction of sp³-hybridized carbons (Fsp3) is 0.733. The minimum atomic E-state index is -0.128. The smallest absolute Gasteiger partial charge is 0.307 e. The highest BCUT2D eigenvalue weighted by Crippen LogP contribution is 2.13. The van der Waals surface area contributed by atoms with Gasteiger partial charge in [0.1, 0.15) is 13.2 Å². The number of hydrogen-bond acceptors (Lipinski definition) is 5. The average molecular weight is 492 g/mol. The van der Waals surface area contributed by atoms with Crippen LogP contribution in [-0.4, -0.2) is 49.7 Å². The standard InChI is InChI=1S/C30H53NO4/c1-5-9-11-12-13-17-24-31(8-4)25-23-30(33)35-27-19-16-21-28(7-3)20-15-14-18-26-34-29(32)22-10-6-2/h7,14,16,18-19,28H,3,5-6,8-13,15,17,20-27H2,1-2,4H3/b18-14+,19-16-. The van der Waals surface area contributed by atoms with E-state index in [0.29, 0.717) is 32.0 Å². The van der Waals surface area contributed by atoms with Gasteiger partial charge in [0, 0.05) is 13.0 Å². The Balaban J connectivity index is 3.87. The predicted molar refractivity (Wildman–Crippen MR) is 147 cm³/mol. The second kappa shape index (κ2) is 25.2. The molecule has 0 saturated carbocycles. The van der Waals surface area contributed by atoms with Crippen LogP contribution in [0.3, 0.4) is 0 Å². The van der Waals surface area contributed by atoms with Crippen LogP contribution in [0.4, 0.5) is 0 Å². The molecular weight excluding hydrogens is 438 g/mol. The molecule has 0 heterocycles. The molecule has 0 radical (unpaired) electrons. The fourth-order valence-electron chi connectivity index (χ4n) is 3.71. The van der Waals surface area contributed by atoms with Gasteiger partial charge in [0.05, 0.1) is 6.42 Å². The molecule has 0 N–H and O–H groups in total. The van der Waals surface area contributed by atoms with E-state index in [9.17, 15) is 9.59 Å². The lowest BCUT2D eigenvalue weighted by atomic mass is 9.99. The molecule has 0 aliphatic heterocycles. The zero-order valence-corrected chi connectivity index (χ0v) is 23.0. The van der Waals surface area contributed by atoms with Gasteiger partial charge < -0.3 is 14.4 Å². The molecule has 0 aromatic rings. The van der Waals surface area contributed by atoms with Crippen molar-refractivity contribution in [3.8, 4) is 0 Å². The van der Waals surface area contributed by atoms with Crippen LogP contribution in [0.5, 0.6) is 0 Å². The van der Waals surface area contributed by atoms with Crippen molar-refractivity contribution >= 4 is 11.9 Å². The van der Waals surface area contributed by atoms with Crippen molar-refractivity contribution in [2.45, 2.75) is 104 Å². The summed E-state index contributed by atoms with van der Waals surface area (Å²) >= 11 is 0. The SMILES string of the molecule is C=CC(C/C=C\COC(=O)CCN(CC)CCCCCCCC)CC/C=C/COC(=O)CCCC. The summed E-state index contributed by atoms with van der Waals surface area (Å²) in [7, 11) is 0. The first-order chi connectivity index (χ1) is 17.1. The summed E-state index contributed by atoms with van der Waals surface area (Å²) in [6.07, 6.45) is 23.3. The first-order valence-electron chi connectivity index (χ1n) is 14.0. The lowest BCUT2D eigenvalue weighted by Crippen LogP contribution is -2.27. The largest absolute Gasteiger partial charge is 0.461 e. The molecule has 1 atom stereocenters. The first kappa shape index (κ1) is 33.1. The van der Waals surface area contributed by atoms with Gasteiger partial charge in [-0.3, -0.25) is 9.59 Å². The number of allylic oxidation sites excluding steroid dienone is 3. The number of ether oxygens (including phenoxy) is 2. The van der Waals surface area contributed by atoms with Gasteiger partial charge in [-0.2, -0.15) is 0 Å². The number of esters is 2. The first-order valence-corrected chi connectivity index (χ1v) is 14.0. The van der Waals surface area contributed by atoms with E-state index in [1.807, 2.05) is 18.2 Å². The third kappa shape index (κ3) is 22.3. The Morgan fingerprint density at radius 1 is 0.771 bits per heavy atom. The van der Waals surface area contributed by atoms with Crippen LogP contribution in [0.25, 0.3) is 0 Å². The number of nitrogens with zero attached hydrogens (tertiary/aromatic N) is 1. The summed E-state index contributed by atoms with van der Waals surface area (Å²) in [5.41, 5.74) is 0. The highest BCUT2D eigenvalue weighted by molar-refractivity contribution is 5.69. The zero-order chi connectivity index (χ0) is 26.0. The molecular formula is C30H53NO4. The van der Waals surface area contributed by atoms with E-state index in [4.69, 9.17) is 9.47 Å². The Labute approximate surface area is 216 Å². The van der Waals surface area contributed by atoms with E-state index in [1.165, 1.54) is 38.5 Å². The molecule has 0 spiro atoms. The highest BCUT2D eigenvalue weighted by atomic mass is 16.5. The van der Waals surface area contributed by atoms with Crippen molar-refractivity contribution < 1.29 is 19.1 Å². The van der Waals surface area contributed by atoms with E-state index in [0.717, 1.165) is 51.7 Å². The molecule has 1 unspecified atom stereocenters. The summed E-state index contributed by atoms with van der Waals surface area (Å²) in [6.45, 7) is 13.9. The van der Waals surface area contributed by atoms with Gasteiger partial charge in [0.2, 0.25) is 0 Å². The van der Waals surface area contributed by atoms with Crippen LogP contribution < -0.4 is 0 Å². The molecule has 0 aromatic heterocycles. The molecule has 202 valence electrons. The fourth-order valence-corrected chi connectivity index (χ4v) is 3.71. The highest BCUT2D eigenvalue weighted by Gasteiger charge is 2.07. The van der Waals surface area contributed by atoms with E-state index in [1.54, 1.807) is 0 Å². The van der Waals surface area contributed by atoms with Crippen LogP contribution in [0.15, 0.2) is 37.0 Å². The van der Waals surface area contributed by atoms with Crippen molar-refractivity contribution in [1.29, 1.82) is 0 Å². The topological polar surface area (TPSA) is 55.8 Å². The van der Waals surface area contributed by atoms with E-state index in [-0.39, 0.29) is 11.9 Å². The van der Waals surface area contributed by atoms with Gasteiger partial charge in [0.25, 0.3) is 0 Å². The summed E-state index contributed by atoms with van der Waals surface area (Å²) in [6, 6.07) is 0. The number of hydrogen-bond donors (Lipinski definition) is 0. The number of unbranched alkanes of at least 4 members (excludes halogenated alkanes) is 6. The predicted octanol–water partition coefficient (Wildman–Crippen LogP) is 7.42. The molecule has 0 amide bonds. The number of rotatable bonds is 24. The Hall–Kier alpha value is -1.88. The maximum atomic E-state index is 12.0. The van der Waals surface area contributed by atoms with Gasteiger partial charge in [-0.15, -0.1) is 6.58 Å². The Morgan fingerprint density at radius 2 is 1.40 bits per heavy atom. The Kier molecular flexibility index (Phi) is 23.9. The molecule has 0 rings (SSSR count). The lowest BCUT2D eigenvalue weighted by Gasteiger charge is -2.19. The van der Waals surface area contributed by atoms with Crippen molar-refractivity contribution in [3.05, 3.63) is 37.0 Å². The molecule has 0 aromatic carbocycles.